The minimum absolute atomic E-state index is 0.185. The van der Waals surface area contributed by atoms with E-state index in [1.807, 2.05) is 0 Å². The molecule has 0 aromatic carbocycles. The second-order valence-electron chi connectivity index (χ2n) is 3.69. The van der Waals surface area contributed by atoms with Crippen molar-refractivity contribution in [2.75, 3.05) is 20.4 Å². The first-order chi connectivity index (χ1) is 7.97. The van der Waals surface area contributed by atoms with Crippen LogP contribution in [0.2, 0.25) is 0 Å². The molecule has 0 aromatic rings. The van der Waals surface area contributed by atoms with Crippen LogP contribution in [0, 0.1) is 0 Å². The number of ether oxygens (including phenoxy) is 2. The molecule has 1 aliphatic rings. The van der Waals surface area contributed by atoms with Crippen LogP contribution in [0.5, 0.6) is 0 Å². The Bertz CT molecular complexity index is 228. The maximum Gasteiger partial charge on any atom is 0.188 e. The van der Waals surface area contributed by atoms with Crippen LogP contribution in [0.25, 0.3) is 0 Å². The number of aliphatic hydroxyl groups is 4. The summed E-state index contributed by atoms with van der Waals surface area (Å²) in [4.78, 5) is 0. The molecule has 0 aliphatic carbocycles. The molecule has 0 amide bonds. The highest BCUT2D eigenvalue weighted by atomic mass is 16.7. The number of hydrogen-bond donors (Lipinski definition) is 6. The number of hydrazine groups is 1. The van der Waals surface area contributed by atoms with E-state index in [0.717, 1.165) is 0 Å². The van der Waals surface area contributed by atoms with Gasteiger partial charge >= 0.3 is 0 Å². The van der Waals surface area contributed by atoms with Crippen molar-refractivity contribution >= 4 is 0 Å². The third-order valence-corrected chi connectivity index (χ3v) is 2.39. The van der Waals surface area contributed by atoms with Gasteiger partial charge in [0.25, 0.3) is 0 Å². The lowest BCUT2D eigenvalue weighted by molar-refractivity contribution is -0.307. The van der Waals surface area contributed by atoms with Gasteiger partial charge in [-0.1, -0.05) is 0 Å². The van der Waals surface area contributed by atoms with E-state index in [-0.39, 0.29) is 6.73 Å². The van der Waals surface area contributed by atoms with E-state index in [2.05, 4.69) is 5.43 Å². The molecule has 1 rings (SSSR count). The highest BCUT2D eigenvalue weighted by molar-refractivity contribution is 4.88. The van der Waals surface area contributed by atoms with Crippen LogP contribution in [0.3, 0.4) is 0 Å². The van der Waals surface area contributed by atoms with E-state index in [0.29, 0.717) is 5.17 Å². The van der Waals surface area contributed by atoms with Gasteiger partial charge in [-0.15, -0.1) is 5.17 Å². The normalized spacial score (nSPS) is 38.6. The molecule has 5 atom stereocenters. The molecule has 0 spiro atoms. The van der Waals surface area contributed by atoms with Gasteiger partial charge in [0.1, 0.15) is 31.1 Å². The zero-order valence-corrected chi connectivity index (χ0v) is 9.30. The van der Waals surface area contributed by atoms with Crippen LogP contribution in [0.15, 0.2) is 0 Å². The molecule has 0 bridgehead atoms. The fourth-order valence-corrected chi connectivity index (χ4v) is 1.42. The maximum absolute atomic E-state index is 9.54. The molecule has 17 heavy (non-hydrogen) atoms. The summed E-state index contributed by atoms with van der Waals surface area (Å²) in [5.41, 5.74) is 2.34. The van der Waals surface area contributed by atoms with E-state index in [4.69, 9.17) is 19.8 Å². The molecular formula is C8H18N2O7. The van der Waals surface area contributed by atoms with E-state index < -0.39 is 37.3 Å². The molecule has 9 nitrogen and oxygen atoms in total. The van der Waals surface area contributed by atoms with Crippen LogP contribution >= 0.6 is 0 Å². The van der Waals surface area contributed by atoms with Crippen LogP contribution in [0.1, 0.15) is 0 Å². The number of rotatable bonds is 5. The lowest BCUT2D eigenvalue weighted by atomic mass is 9.99. The first-order valence-corrected chi connectivity index (χ1v) is 5.05. The smallest absolute Gasteiger partial charge is 0.188 e. The SMILES string of the molecule is CN(O)NCO[C@@H]1O[C@H](CO)[C@@H](O)[C@H](O)[C@H]1O. The first-order valence-electron chi connectivity index (χ1n) is 5.05. The van der Waals surface area contributed by atoms with Crippen molar-refractivity contribution in [2.45, 2.75) is 30.7 Å². The highest BCUT2D eigenvalue weighted by Gasteiger charge is 2.43. The van der Waals surface area contributed by atoms with Crippen molar-refractivity contribution in [2.24, 2.45) is 0 Å². The number of aliphatic hydroxyl groups excluding tert-OH is 4. The molecule has 0 radical (unpaired) electrons. The maximum atomic E-state index is 9.54. The Kier molecular flexibility index (Phi) is 5.66. The van der Waals surface area contributed by atoms with Crippen LogP contribution in [-0.2, 0) is 9.47 Å². The Balaban J connectivity index is 2.47. The molecule has 1 saturated heterocycles. The Morgan fingerprint density at radius 1 is 1.24 bits per heavy atom. The van der Waals surface area contributed by atoms with Gasteiger partial charge in [-0.25, -0.2) is 5.43 Å². The predicted molar refractivity (Wildman–Crippen MR) is 52.4 cm³/mol. The second kappa shape index (κ2) is 6.54. The molecule has 1 heterocycles. The summed E-state index contributed by atoms with van der Waals surface area (Å²) in [5.74, 6) is 0. The number of hydrogen-bond acceptors (Lipinski definition) is 9. The van der Waals surface area contributed by atoms with Crippen molar-refractivity contribution in [1.82, 2.24) is 10.6 Å². The Hall–Kier alpha value is -0.360. The molecule has 0 saturated carbocycles. The van der Waals surface area contributed by atoms with Gasteiger partial charge in [0, 0.05) is 7.05 Å². The fraction of sp³-hybridized carbons (Fsp3) is 1.00. The van der Waals surface area contributed by atoms with Crippen molar-refractivity contribution in [3.63, 3.8) is 0 Å². The van der Waals surface area contributed by atoms with Gasteiger partial charge in [0.2, 0.25) is 0 Å². The van der Waals surface area contributed by atoms with Gasteiger partial charge in [-0.05, 0) is 0 Å². The Morgan fingerprint density at radius 3 is 2.41 bits per heavy atom. The monoisotopic (exact) mass is 254 g/mol. The minimum Gasteiger partial charge on any atom is -0.394 e. The summed E-state index contributed by atoms with van der Waals surface area (Å²) >= 11 is 0. The summed E-state index contributed by atoms with van der Waals surface area (Å²) in [6.45, 7) is -0.701. The van der Waals surface area contributed by atoms with E-state index in [9.17, 15) is 15.3 Å². The summed E-state index contributed by atoms with van der Waals surface area (Å²) in [5, 5.41) is 46.7. The van der Waals surface area contributed by atoms with Gasteiger partial charge in [-0.2, -0.15) is 0 Å². The van der Waals surface area contributed by atoms with Gasteiger partial charge in [-0.3, -0.25) is 5.21 Å². The first kappa shape index (κ1) is 14.7. The standard InChI is InChI=1S/C8H18N2O7/c1-10(15)9-3-16-8-7(14)6(13)5(12)4(2-11)17-8/h4-9,11-15H,2-3H2,1H3/t4-,5-,6+,7-,8-/m1/s1. The molecular weight excluding hydrogens is 236 g/mol. The summed E-state index contributed by atoms with van der Waals surface area (Å²) in [7, 11) is 1.32. The van der Waals surface area contributed by atoms with Crippen molar-refractivity contribution in [3.05, 3.63) is 0 Å². The predicted octanol–water partition coefficient (Wildman–Crippen LogP) is -3.41. The summed E-state index contributed by atoms with van der Waals surface area (Å²) in [6, 6.07) is 0. The van der Waals surface area contributed by atoms with Crippen molar-refractivity contribution in [3.8, 4) is 0 Å². The average Bonchev–Trinajstić information content (AvgIpc) is 2.29. The molecule has 6 N–H and O–H groups in total. The summed E-state index contributed by atoms with van der Waals surface area (Å²) in [6.07, 6.45) is -6.55. The lowest BCUT2D eigenvalue weighted by Gasteiger charge is -2.39. The van der Waals surface area contributed by atoms with Crippen LogP contribution < -0.4 is 5.43 Å². The molecule has 0 aromatic heterocycles. The zero-order chi connectivity index (χ0) is 13.0. The quantitative estimate of drug-likeness (QED) is 0.219. The fourth-order valence-electron chi connectivity index (χ4n) is 1.42. The zero-order valence-electron chi connectivity index (χ0n) is 9.30. The highest BCUT2D eigenvalue weighted by Crippen LogP contribution is 2.21. The Morgan fingerprint density at radius 2 is 1.88 bits per heavy atom. The average molecular weight is 254 g/mol. The summed E-state index contributed by atoms with van der Waals surface area (Å²) < 4.78 is 10.0. The molecule has 0 unspecified atom stereocenters. The third kappa shape index (κ3) is 3.81. The van der Waals surface area contributed by atoms with Gasteiger partial charge < -0.3 is 29.9 Å². The molecule has 9 heteroatoms. The van der Waals surface area contributed by atoms with Gasteiger partial charge in [0.05, 0.1) is 6.61 Å². The number of nitrogens with zero attached hydrogens (tertiary/aromatic N) is 1. The van der Waals surface area contributed by atoms with E-state index in [1.165, 1.54) is 7.05 Å². The topological polar surface area (TPSA) is 135 Å². The number of nitrogens with one attached hydrogen (secondary N) is 1. The second-order valence-corrected chi connectivity index (χ2v) is 3.69. The van der Waals surface area contributed by atoms with Crippen molar-refractivity contribution in [1.29, 1.82) is 0 Å². The largest absolute Gasteiger partial charge is 0.394 e. The van der Waals surface area contributed by atoms with E-state index in [1.54, 1.807) is 0 Å². The van der Waals surface area contributed by atoms with Gasteiger partial charge in [0.15, 0.2) is 6.29 Å². The van der Waals surface area contributed by atoms with Crippen LogP contribution in [-0.4, -0.2) is 81.9 Å². The lowest BCUT2D eigenvalue weighted by Crippen LogP contribution is -2.59. The van der Waals surface area contributed by atoms with E-state index >= 15 is 0 Å². The Labute approximate surface area is 97.7 Å². The molecule has 1 fully saturated rings. The number of hydroxylamine groups is 1. The van der Waals surface area contributed by atoms with Crippen LogP contribution in [0.4, 0.5) is 0 Å². The third-order valence-electron chi connectivity index (χ3n) is 2.39. The van der Waals surface area contributed by atoms with Crippen molar-refractivity contribution < 1.29 is 35.1 Å². The minimum atomic E-state index is -1.47. The molecule has 102 valence electrons. The molecule has 1 aliphatic heterocycles.